The summed E-state index contributed by atoms with van der Waals surface area (Å²) in [6.07, 6.45) is 2.09. The Hall–Kier alpha value is -0.450. The Morgan fingerprint density at radius 2 is 2.46 bits per heavy atom. The minimum atomic E-state index is -0.681. The van der Waals surface area contributed by atoms with Crippen molar-refractivity contribution < 1.29 is 19.0 Å². The van der Waals surface area contributed by atoms with E-state index in [2.05, 4.69) is 6.92 Å². The van der Waals surface area contributed by atoms with Crippen LogP contribution < -0.4 is 0 Å². The van der Waals surface area contributed by atoms with Crippen molar-refractivity contribution in [2.75, 3.05) is 19.8 Å². The predicted molar refractivity (Wildman–Crippen MR) is 46.4 cm³/mol. The molecule has 0 bridgehead atoms. The van der Waals surface area contributed by atoms with Gasteiger partial charge in [-0.2, -0.15) is 0 Å². The van der Waals surface area contributed by atoms with Gasteiger partial charge in [-0.3, -0.25) is 4.79 Å². The first kappa shape index (κ1) is 10.6. The minimum Gasteiger partial charge on any atom is -0.379 e. The third kappa shape index (κ3) is 3.85. The van der Waals surface area contributed by atoms with Gasteiger partial charge in [0.1, 0.15) is 6.10 Å². The fourth-order valence-corrected chi connectivity index (χ4v) is 1.09. The van der Waals surface area contributed by atoms with Crippen LogP contribution in [0.15, 0.2) is 0 Å². The molecule has 0 amide bonds. The third-order valence-corrected chi connectivity index (χ3v) is 1.83. The maximum atomic E-state index is 10.2. The van der Waals surface area contributed by atoms with Crippen LogP contribution in [0.1, 0.15) is 19.8 Å². The molecule has 1 aliphatic heterocycles. The molecule has 0 aliphatic carbocycles. The molecule has 0 spiro atoms. The van der Waals surface area contributed by atoms with Gasteiger partial charge in [-0.1, -0.05) is 13.3 Å². The first-order valence-corrected chi connectivity index (χ1v) is 4.67. The van der Waals surface area contributed by atoms with Crippen LogP contribution in [0, 0.1) is 0 Å². The predicted octanol–water partition coefficient (Wildman–Crippen LogP) is 0.744. The summed E-state index contributed by atoms with van der Waals surface area (Å²) in [7, 11) is 0. The molecule has 2 atom stereocenters. The van der Waals surface area contributed by atoms with E-state index in [9.17, 15) is 4.79 Å². The van der Waals surface area contributed by atoms with Crippen LogP contribution in [0.25, 0.3) is 0 Å². The summed E-state index contributed by atoms with van der Waals surface area (Å²) in [5, 5.41) is 0. The van der Waals surface area contributed by atoms with Gasteiger partial charge in [0, 0.05) is 6.61 Å². The lowest BCUT2D eigenvalue weighted by Crippen LogP contribution is -2.19. The van der Waals surface area contributed by atoms with Crippen LogP contribution in [-0.2, 0) is 19.0 Å². The molecule has 0 aromatic carbocycles. The molecule has 1 heterocycles. The van der Waals surface area contributed by atoms with Crippen LogP contribution in [-0.4, -0.2) is 38.5 Å². The van der Waals surface area contributed by atoms with Gasteiger partial charge in [-0.05, 0) is 6.42 Å². The van der Waals surface area contributed by atoms with Gasteiger partial charge in [0.25, 0.3) is 0 Å². The lowest BCUT2D eigenvalue weighted by atomic mass is 10.3. The molecule has 4 nitrogen and oxygen atoms in total. The van der Waals surface area contributed by atoms with Crippen molar-refractivity contribution in [3.8, 4) is 0 Å². The highest BCUT2D eigenvalue weighted by Gasteiger charge is 2.25. The molecular formula is C9H16O4. The summed E-state index contributed by atoms with van der Waals surface area (Å²) < 4.78 is 15.5. The molecule has 0 radical (unpaired) electrons. The zero-order chi connectivity index (χ0) is 9.52. The van der Waals surface area contributed by atoms with Crippen molar-refractivity contribution in [2.45, 2.75) is 32.2 Å². The van der Waals surface area contributed by atoms with Crippen molar-refractivity contribution in [1.82, 2.24) is 0 Å². The number of rotatable bonds is 6. The molecular weight excluding hydrogens is 172 g/mol. The SMILES string of the molecule is CCCCOCC1COC(C=O)O1. The van der Waals surface area contributed by atoms with Gasteiger partial charge in [0.05, 0.1) is 13.2 Å². The van der Waals surface area contributed by atoms with E-state index in [-0.39, 0.29) is 6.10 Å². The van der Waals surface area contributed by atoms with E-state index in [1.165, 1.54) is 0 Å². The average Bonchev–Trinajstić information content (AvgIpc) is 2.60. The smallest absolute Gasteiger partial charge is 0.215 e. The van der Waals surface area contributed by atoms with Crippen LogP contribution in [0.4, 0.5) is 0 Å². The quantitative estimate of drug-likeness (QED) is 0.455. The van der Waals surface area contributed by atoms with Gasteiger partial charge < -0.3 is 14.2 Å². The fourth-order valence-electron chi connectivity index (χ4n) is 1.09. The Bertz CT molecular complexity index is 149. The molecule has 0 aromatic rings. The summed E-state index contributed by atoms with van der Waals surface area (Å²) in [6.45, 7) is 3.84. The number of carbonyl (C=O) groups excluding carboxylic acids is 1. The topological polar surface area (TPSA) is 44.8 Å². The minimum absolute atomic E-state index is 0.0768. The zero-order valence-corrected chi connectivity index (χ0v) is 7.90. The molecule has 1 rings (SSSR count). The molecule has 2 unspecified atom stereocenters. The normalized spacial score (nSPS) is 27.8. The molecule has 1 aliphatic rings. The van der Waals surface area contributed by atoms with E-state index in [0.717, 1.165) is 19.4 Å². The van der Waals surface area contributed by atoms with Crippen LogP contribution >= 0.6 is 0 Å². The van der Waals surface area contributed by atoms with E-state index in [0.29, 0.717) is 19.5 Å². The van der Waals surface area contributed by atoms with Crippen molar-refractivity contribution in [3.63, 3.8) is 0 Å². The van der Waals surface area contributed by atoms with E-state index in [4.69, 9.17) is 14.2 Å². The number of hydrogen-bond donors (Lipinski definition) is 0. The average molecular weight is 188 g/mol. The van der Waals surface area contributed by atoms with Gasteiger partial charge in [0.2, 0.25) is 6.29 Å². The maximum absolute atomic E-state index is 10.2. The van der Waals surface area contributed by atoms with E-state index >= 15 is 0 Å². The summed E-state index contributed by atoms with van der Waals surface area (Å²) in [5.74, 6) is 0. The Morgan fingerprint density at radius 3 is 3.08 bits per heavy atom. The van der Waals surface area contributed by atoms with Crippen LogP contribution in [0.5, 0.6) is 0 Å². The number of aldehydes is 1. The first-order valence-electron chi connectivity index (χ1n) is 4.67. The van der Waals surface area contributed by atoms with Gasteiger partial charge in [-0.15, -0.1) is 0 Å². The molecule has 1 fully saturated rings. The molecule has 0 N–H and O–H groups in total. The van der Waals surface area contributed by atoms with Gasteiger partial charge >= 0.3 is 0 Å². The van der Waals surface area contributed by atoms with Crippen molar-refractivity contribution in [3.05, 3.63) is 0 Å². The largest absolute Gasteiger partial charge is 0.379 e. The van der Waals surface area contributed by atoms with Crippen molar-refractivity contribution in [2.24, 2.45) is 0 Å². The highest BCUT2D eigenvalue weighted by Crippen LogP contribution is 2.09. The van der Waals surface area contributed by atoms with E-state index in [1.54, 1.807) is 0 Å². The molecule has 13 heavy (non-hydrogen) atoms. The van der Waals surface area contributed by atoms with E-state index in [1.807, 2.05) is 0 Å². The Balaban J connectivity index is 2.00. The standard InChI is InChI=1S/C9H16O4/c1-2-3-4-11-6-8-7-12-9(5-10)13-8/h5,8-9H,2-4,6-7H2,1H3. The van der Waals surface area contributed by atoms with Crippen molar-refractivity contribution in [1.29, 1.82) is 0 Å². The fraction of sp³-hybridized carbons (Fsp3) is 0.889. The molecule has 1 saturated heterocycles. The number of ether oxygens (including phenoxy) is 3. The zero-order valence-electron chi connectivity index (χ0n) is 7.90. The highest BCUT2D eigenvalue weighted by atomic mass is 16.7. The number of hydrogen-bond acceptors (Lipinski definition) is 4. The third-order valence-electron chi connectivity index (χ3n) is 1.83. The summed E-state index contributed by atoms with van der Waals surface area (Å²) in [6, 6.07) is 0. The molecule has 76 valence electrons. The molecule has 0 aromatic heterocycles. The van der Waals surface area contributed by atoms with Crippen LogP contribution in [0.3, 0.4) is 0 Å². The summed E-state index contributed by atoms with van der Waals surface area (Å²) >= 11 is 0. The lowest BCUT2D eigenvalue weighted by Gasteiger charge is -2.08. The highest BCUT2D eigenvalue weighted by molar-refractivity contribution is 5.54. The van der Waals surface area contributed by atoms with Gasteiger partial charge in [0.15, 0.2) is 6.29 Å². The Morgan fingerprint density at radius 1 is 1.62 bits per heavy atom. The van der Waals surface area contributed by atoms with Gasteiger partial charge in [-0.25, -0.2) is 0 Å². The second kappa shape index (κ2) is 6.07. The number of unbranched alkanes of at least 4 members (excludes halogenated alkanes) is 1. The maximum Gasteiger partial charge on any atom is 0.215 e. The summed E-state index contributed by atoms with van der Waals surface area (Å²) in [4.78, 5) is 10.2. The lowest BCUT2D eigenvalue weighted by molar-refractivity contribution is -0.134. The second-order valence-corrected chi connectivity index (χ2v) is 3.02. The Labute approximate surface area is 78.2 Å². The molecule has 0 saturated carbocycles. The Kier molecular flexibility index (Phi) is 4.97. The summed E-state index contributed by atoms with van der Waals surface area (Å²) in [5.41, 5.74) is 0. The first-order chi connectivity index (χ1) is 6.36. The van der Waals surface area contributed by atoms with Crippen molar-refractivity contribution >= 4 is 6.29 Å². The monoisotopic (exact) mass is 188 g/mol. The van der Waals surface area contributed by atoms with Crippen LogP contribution in [0.2, 0.25) is 0 Å². The van der Waals surface area contributed by atoms with E-state index < -0.39 is 6.29 Å². The molecule has 4 heteroatoms. The second-order valence-electron chi connectivity index (χ2n) is 3.02. The number of carbonyl (C=O) groups is 1.